The van der Waals surface area contributed by atoms with Crippen molar-refractivity contribution in [1.29, 1.82) is 0 Å². The van der Waals surface area contributed by atoms with Crippen LogP contribution in [0.25, 0.3) is 10.9 Å². The molecule has 0 unspecified atom stereocenters. The molecule has 162 valence electrons. The van der Waals surface area contributed by atoms with E-state index in [-0.39, 0.29) is 11.5 Å². The van der Waals surface area contributed by atoms with E-state index < -0.39 is 0 Å². The number of fused-ring (bicyclic) bond motifs is 2. The minimum atomic E-state index is -0.223. The van der Waals surface area contributed by atoms with Crippen molar-refractivity contribution in [3.05, 3.63) is 64.2 Å². The Hall–Kier alpha value is -3.35. The number of amides is 1. The number of nitrogens with zero attached hydrogens (tertiary/aromatic N) is 2. The molecule has 1 aromatic heterocycles. The molecule has 2 heterocycles. The summed E-state index contributed by atoms with van der Waals surface area (Å²) in [4.78, 5) is 30.2. The van der Waals surface area contributed by atoms with Gasteiger partial charge in [0.15, 0.2) is 11.5 Å². The summed E-state index contributed by atoms with van der Waals surface area (Å²) < 4.78 is 12.7. The number of hydrogen-bond donors (Lipinski definition) is 1. The molecule has 0 atom stereocenters. The quantitative estimate of drug-likeness (QED) is 0.618. The van der Waals surface area contributed by atoms with Crippen LogP contribution in [0.1, 0.15) is 41.9 Å². The Morgan fingerprint density at radius 3 is 2.74 bits per heavy atom. The summed E-state index contributed by atoms with van der Waals surface area (Å²) in [7, 11) is 1.59. The lowest BCUT2D eigenvalue weighted by Crippen LogP contribution is -2.29. The van der Waals surface area contributed by atoms with E-state index in [9.17, 15) is 9.59 Å². The van der Waals surface area contributed by atoms with Crippen molar-refractivity contribution < 1.29 is 14.3 Å². The highest BCUT2D eigenvalue weighted by atomic mass is 16.5. The number of methoxy groups -OCH3 is 1. The molecule has 1 aliphatic rings. The number of carbonyl (C=O) groups is 1. The predicted molar refractivity (Wildman–Crippen MR) is 119 cm³/mol. The van der Waals surface area contributed by atoms with Crippen molar-refractivity contribution >= 4 is 16.8 Å². The fourth-order valence-electron chi connectivity index (χ4n) is 3.90. The molecule has 7 nitrogen and oxygen atoms in total. The van der Waals surface area contributed by atoms with Crippen LogP contribution < -0.4 is 20.3 Å². The number of para-hydroxylation sites is 2. The first-order valence-electron chi connectivity index (χ1n) is 10.7. The second-order valence-corrected chi connectivity index (χ2v) is 7.64. The van der Waals surface area contributed by atoms with Gasteiger partial charge in [-0.25, -0.2) is 4.98 Å². The van der Waals surface area contributed by atoms with Gasteiger partial charge in [-0.05, 0) is 43.2 Å². The molecule has 7 heteroatoms. The second kappa shape index (κ2) is 9.64. The molecule has 1 N–H and O–H groups in total. The third-order valence-electron chi connectivity index (χ3n) is 5.54. The van der Waals surface area contributed by atoms with E-state index >= 15 is 0 Å². The number of benzene rings is 2. The fourth-order valence-corrected chi connectivity index (χ4v) is 3.90. The van der Waals surface area contributed by atoms with E-state index in [1.165, 1.54) is 0 Å². The Morgan fingerprint density at radius 2 is 1.90 bits per heavy atom. The zero-order chi connectivity index (χ0) is 21.6. The third kappa shape index (κ3) is 4.71. The second-order valence-electron chi connectivity index (χ2n) is 7.64. The number of aryl methyl sites for hydroxylation is 1. The van der Waals surface area contributed by atoms with Gasteiger partial charge in [-0.1, -0.05) is 25.0 Å². The lowest BCUT2D eigenvalue weighted by atomic mass is 10.1. The summed E-state index contributed by atoms with van der Waals surface area (Å²) in [6.07, 6.45) is 5.13. The van der Waals surface area contributed by atoms with Gasteiger partial charge < -0.3 is 14.8 Å². The molecule has 0 saturated heterocycles. The minimum Gasteiger partial charge on any atom is -0.493 e. The Morgan fingerprint density at radius 1 is 1.10 bits per heavy atom. The molecular weight excluding hydrogens is 394 g/mol. The first kappa shape index (κ1) is 20.9. The Bertz CT molecular complexity index is 1140. The van der Waals surface area contributed by atoms with Gasteiger partial charge in [-0.3, -0.25) is 14.2 Å². The van der Waals surface area contributed by atoms with Crippen LogP contribution in [0.2, 0.25) is 0 Å². The van der Waals surface area contributed by atoms with Crippen LogP contribution >= 0.6 is 0 Å². The van der Waals surface area contributed by atoms with E-state index in [0.29, 0.717) is 47.7 Å². The van der Waals surface area contributed by atoms with Crippen molar-refractivity contribution in [1.82, 2.24) is 14.9 Å². The standard InChI is InChI=1S/C24H27N3O4/c1-30-20-8-5-6-9-21(20)31-15-13-25-23(28)17-11-12-18-19(16-17)26-22-10-4-2-3-7-14-27(22)24(18)29/h5-6,8-9,11-12,16H,2-4,7,10,13-15H2,1H3,(H,25,28). The largest absolute Gasteiger partial charge is 0.493 e. The molecule has 0 saturated carbocycles. The minimum absolute atomic E-state index is 0.0148. The van der Waals surface area contributed by atoms with Gasteiger partial charge in [-0.15, -0.1) is 0 Å². The summed E-state index contributed by atoms with van der Waals surface area (Å²) in [5.41, 5.74) is 1.04. The normalized spacial score (nSPS) is 13.7. The van der Waals surface area contributed by atoms with E-state index in [0.717, 1.165) is 37.9 Å². The third-order valence-corrected chi connectivity index (χ3v) is 5.54. The maximum Gasteiger partial charge on any atom is 0.261 e. The first-order chi connectivity index (χ1) is 15.2. The molecular formula is C24H27N3O4. The van der Waals surface area contributed by atoms with Gasteiger partial charge in [-0.2, -0.15) is 0 Å². The van der Waals surface area contributed by atoms with Gasteiger partial charge in [0.1, 0.15) is 12.4 Å². The van der Waals surface area contributed by atoms with Crippen LogP contribution in [0.3, 0.4) is 0 Å². The van der Waals surface area contributed by atoms with E-state index in [2.05, 4.69) is 5.32 Å². The van der Waals surface area contributed by atoms with Crippen LogP contribution in [0, 0.1) is 0 Å². The van der Waals surface area contributed by atoms with Crippen molar-refractivity contribution in [2.24, 2.45) is 0 Å². The molecule has 0 bridgehead atoms. The molecule has 0 spiro atoms. The molecule has 0 radical (unpaired) electrons. The fraction of sp³-hybridized carbons (Fsp3) is 0.375. The van der Waals surface area contributed by atoms with Crippen LogP contribution in [0.15, 0.2) is 47.3 Å². The molecule has 4 rings (SSSR count). The lowest BCUT2D eigenvalue weighted by molar-refractivity contribution is 0.0947. The van der Waals surface area contributed by atoms with Crippen molar-refractivity contribution in [3.8, 4) is 11.5 Å². The molecule has 0 fully saturated rings. The summed E-state index contributed by atoms with van der Waals surface area (Å²) in [5.74, 6) is 1.88. The molecule has 0 aliphatic carbocycles. The molecule has 31 heavy (non-hydrogen) atoms. The number of hydrogen-bond acceptors (Lipinski definition) is 5. The average molecular weight is 421 g/mol. The van der Waals surface area contributed by atoms with Gasteiger partial charge in [0.25, 0.3) is 11.5 Å². The number of carbonyl (C=O) groups excluding carboxylic acids is 1. The number of rotatable bonds is 6. The first-order valence-corrected chi connectivity index (χ1v) is 10.7. The highest BCUT2D eigenvalue weighted by Crippen LogP contribution is 2.25. The van der Waals surface area contributed by atoms with Gasteiger partial charge in [0.05, 0.1) is 24.6 Å². The molecule has 1 aliphatic heterocycles. The zero-order valence-electron chi connectivity index (χ0n) is 17.7. The van der Waals surface area contributed by atoms with Gasteiger partial charge in [0.2, 0.25) is 0 Å². The SMILES string of the molecule is COc1ccccc1OCCNC(=O)c1ccc2c(=O)n3c(nc2c1)CCCCCC3. The highest BCUT2D eigenvalue weighted by Gasteiger charge is 2.15. The highest BCUT2D eigenvalue weighted by molar-refractivity contribution is 5.97. The number of ether oxygens (including phenoxy) is 2. The predicted octanol–water partition coefficient (Wildman–Crippen LogP) is 3.33. The summed E-state index contributed by atoms with van der Waals surface area (Å²) in [5, 5.41) is 3.41. The van der Waals surface area contributed by atoms with E-state index in [1.54, 1.807) is 29.9 Å². The number of nitrogens with one attached hydrogen (secondary N) is 1. The Kier molecular flexibility index (Phi) is 6.50. The summed E-state index contributed by atoms with van der Waals surface area (Å²) in [6.45, 7) is 1.37. The smallest absolute Gasteiger partial charge is 0.261 e. The lowest BCUT2D eigenvalue weighted by Gasteiger charge is -2.16. The summed E-state index contributed by atoms with van der Waals surface area (Å²) >= 11 is 0. The van der Waals surface area contributed by atoms with Crippen molar-refractivity contribution in [3.63, 3.8) is 0 Å². The van der Waals surface area contributed by atoms with Crippen molar-refractivity contribution in [2.75, 3.05) is 20.3 Å². The van der Waals surface area contributed by atoms with Crippen molar-refractivity contribution in [2.45, 2.75) is 38.6 Å². The monoisotopic (exact) mass is 421 g/mol. The topological polar surface area (TPSA) is 82.5 Å². The Balaban J connectivity index is 1.44. The van der Waals surface area contributed by atoms with Crippen LogP contribution in [-0.2, 0) is 13.0 Å². The van der Waals surface area contributed by atoms with E-state index in [4.69, 9.17) is 14.5 Å². The van der Waals surface area contributed by atoms with E-state index in [1.807, 2.05) is 24.3 Å². The maximum atomic E-state index is 12.9. The Labute approximate surface area is 181 Å². The van der Waals surface area contributed by atoms with Crippen LogP contribution in [0.5, 0.6) is 11.5 Å². The molecule has 3 aromatic rings. The average Bonchev–Trinajstić information content (AvgIpc) is 2.78. The van der Waals surface area contributed by atoms with Gasteiger partial charge >= 0.3 is 0 Å². The molecule has 2 aromatic carbocycles. The summed E-state index contributed by atoms with van der Waals surface area (Å²) in [6, 6.07) is 12.5. The van der Waals surface area contributed by atoms with Crippen LogP contribution in [0.4, 0.5) is 0 Å². The maximum absolute atomic E-state index is 12.9. The van der Waals surface area contributed by atoms with Crippen LogP contribution in [-0.4, -0.2) is 35.7 Å². The molecule has 1 amide bonds. The van der Waals surface area contributed by atoms with Gasteiger partial charge in [0, 0.05) is 18.5 Å². The zero-order valence-corrected chi connectivity index (χ0v) is 17.7. The number of aromatic nitrogens is 2.